The monoisotopic (exact) mass is 721 g/mol. The maximum Gasteiger partial charge on any atom is 0.219 e. The molecule has 3 aromatic heterocycles. The van der Waals surface area contributed by atoms with Crippen molar-refractivity contribution in [1.82, 2.24) is 34.8 Å². The maximum absolute atomic E-state index is 10.2. The highest BCUT2D eigenvalue weighted by Crippen LogP contribution is 2.54. The highest BCUT2D eigenvalue weighted by atomic mass is 16.5. The molecule has 2 fully saturated rings. The van der Waals surface area contributed by atoms with E-state index >= 15 is 0 Å². The fourth-order valence-corrected chi connectivity index (χ4v) is 8.99. The van der Waals surface area contributed by atoms with Gasteiger partial charge >= 0.3 is 0 Å². The Morgan fingerprint density at radius 3 is 2.79 bits per heavy atom. The molecule has 6 N–H and O–H groups in total. The number of nitrogen functional groups attached to an aromatic ring is 1. The number of methoxy groups -OCH3 is 1. The SMILES string of the molecule is COC1CCN(C)C1C(C)Oc1cc(-n2ccc(/C(N)=C/N(N)C3CCOCC3)n2)nc(-c2noc3c2CCCC32CCc3ccc(N)c(C#N)c32)n1. The van der Waals surface area contributed by atoms with Gasteiger partial charge in [-0.1, -0.05) is 11.2 Å². The molecule has 0 saturated carbocycles. The molecule has 1 aromatic carbocycles. The van der Waals surface area contributed by atoms with E-state index in [1.807, 2.05) is 25.1 Å². The number of likely N-dealkylation sites (tertiary alicyclic amines) is 1. The van der Waals surface area contributed by atoms with Crippen molar-refractivity contribution in [1.29, 1.82) is 5.26 Å². The van der Waals surface area contributed by atoms with Crippen molar-refractivity contribution in [3.05, 3.63) is 70.4 Å². The number of anilines is 1. The summed E-state index contributed by atoms with van der Waals surface area (Å²) in [4.78, 5) is 12.2. The van der Waals surface area contributed by atoms with Crippen molar-refractivity contribution < 1.29 is 18.7 Å². The highest BCUT2D eigenvalue weighted by molar-refractivity contribution is 5.68. The second-order valence-electron chi connectivity index (χ2n) is 14.7. The van der Waals surface area contributed by atoms with Crippen molar-refractivity contribution in [2.75, 3.05) is 39.6 Å². The lowest BCUT2D eigenvalue weighted by Gasteiger charge is -2.33. The number of likely N-dealkylation sites (N-methyl/N-ethyl adjacent to an activating group) is 1. The Hall–Kier alpha value is -5.01. The fourth-order valence-electron chi connectivity index (χ4n) is 8.99. The first-order valence-electron chi connectivity index (χ1n) is 18.5. The van der Waals surface area contributed by atoms with Gasteiger partial charge in [-0.2, -0.15) is 15.3 Å². The van der Waals surface area contributed by atoms with Crippen molar-refractivity contribution >= 4 is 11.4 Å². The molecule has 5 heterocycles. The molecule has 15 nitrogen and oxygen atoms in total. The predicted molar refractivity (Wildman–Crippen MR) is 196 cm³/mol. The quantitative estimate of drug-likeness (QED) is 0.129. The van der Waals surface area contributed by atoms with Gasteiger partial charge in [0.25, 0.3) is 0 Å². The van der Waals surface area contributed by atoms with Crippen molar-refractivity contribution in [3.63, 3.8) is 0 Å². The highest BCUT2D eigenvalue weighted by Gasteiger charge is 2.49. The summed E-state index contributed by atoms with van der Waals surface area (Å²) >= 11 is 0. The van der Waals surface area contributed by atoms with Crippen molar-refractivity contribution in [2.45, 2.75) is 88.0 Å². The minimum atomic E-state index is -0.495. The molecule has 2 aliphatic heterocycles. The molecule has 0 amide bonds. The number of nitriles is 1. The standard InChI is InChI=1S/C38H47N11O4/c1-22(35-30(50-3)10-15-47(35)2)52-32-19-31(49-16-9-29(45-49)28(41)21-48(42)24-11-17-51-18-12-24)43-37(44-32)34-25-5-4-13-38(36(25)53-46-34)14-8-23-6-7-27(40)26(20-39)33(23)38/h6-7,9,16,19,21-22,24,30,35H,4-5,8,10-15,17-18,40-42H2,1-3H3/b28-21-. The molecule has 4 aliphatic rings. The van der Waals surface area contributed by atoms with Crippen LogP contribution in [-0.2, 0) is 27.7 Å². The molecule has 0 radical (unpaired) electrons. The molecular weight excluding hydrogens is 674 g/mol. The zero-order chi connectivity index (χ0) is 36.9. The van der Waals surface area contributed by atoms with Crippen LogP contribution in [0.4, 0.5) is 5.69 Å². The molecule has 4 unspecified atom stereocenters. The van der Waals surface area contributed by atoms with Gasteiger partial charge in [0.05, 0.1) is 28.8 Å². The van der Waals surface area contributed by atoms with Gasteiger partial charge in [0.2, 0.25) is 5.88 Å². The first-order valence-corrected chi connectivity index (χ1v) is 18.5. The van der Waals surface area contributed by atoms with E-state index in [0.29, 0.717) is 59.1 Å². The number of nitrogens with zero attached hydrogens (tertiary/aromatic N) is 8. The van der Waals surface area contributed by atoms with Crippen molar-refractivity contribution in [2.24, 2.45) is 11.6 Å². The average molecular weight is 722 g/mol. The summed E-state index contributed by atoms with van der Waals surface area (Å²) in [5.74, 6) is 8.33. The van der Waals surface area contributed by atoms with Gasteiger partial charge < -0.3 is 35.2 Å². The van der Waals surface area contributed by atoms with Gasteiger partial charge in [0.15, 0.2) is 23.1 Å². The number of benzene rings is 1. The van der Waals surface area contributed by atoms with Crippen LogP contribution < -0.4 is 22.0 Å². The van der Waals surface area contributed by atoms with Gasteiger partial charge in [0.1, 0.15) is 17.9 Å². The summed E-state index contributed by atoms with van der Waals surface area (Å²) in [6.07, 6.45) is 9.95. The second-order valence-corrected chi connectivity index (χ2v) is 14.7. The number of hydrazine groups is 1. The topological polar surface area (TPSA) is 206 Å². The molecule has 0 bridgehead atoms. The molecule has 2 saturated heterocycles. The number of aryl methyl sites for hydroxylation is 1. The van der Waals surface area contributed by atoms with E-state index in [4.69, 9.17) is 51.1 Å². The van der Waals surface area contributed by atoms with Gasteiger partial charge in [0, 0.05) is 62.6 Å². The van der Waals surface area contributed by atoms with Crippen molar-refractivity contribution in [3.8, 4) is 29.3 Å². The minimum Gasteiger partial charge on any atom is -0.473 e. The second kappa shape index (κ2) is 14.1. The number of rotatable bonds is 9. The smallest absolute Gasteiger partial charge is 0.219 e. The minimum absolute atomic E-state index is 0.0295. The largest absolute Gasteiger partial charge is 0.473 e. The van der Waals surface area contributed by atoms with Crippen LogP contribution in [0.1, 0.15) is 79.2 Å². The Morgan fingerprint density at radius 2 is 2.00 bits per heavy atom. The third-order valence-electron chi connectivity index (χ3n) is 11.7. The van der Waals surface area contributed by atoms with Gasteiger partial charge in [-0.15, -0.1) is 0 Å². The lowest BCUT2D eigenvalue weighted by molar-refractivity contribution is 0.0174. The van der Waals surface area contributed by atoms with Crippen LogP contribution in [0, 0.1) is 11.3 Å². The van der Waals surface area contributed by atoms with E-state index in [9.17, 15) is 5.26 Å². The number of fused-ring (bicyclic) bond motifs is 4. The Labute approximate surface area is 308 Å². The van der Waals surface area contributed by atoms with Crippen LogP contribution in [0.5, 0.6) is 5.88 Å². The first-order chi connectivity index (χ1) is 25.7. The van der Waals surface area contributed by atoms with Gasteiger partial charge in [-0.05, 0) is 88.6 Å². The average Bonchev–Trinajstić information content (AvgIpc) is 3.98. The summed E-state index contributed by atoms with van der Waals surface area (Å²) in [6.45, 7) is 4.28. The maximum atomic E-state index is 10.2. The van der Waals surface area contributed by atoms with E-state index in [1.54, 1.807) is 35.3 Å². The Morgan fingerprint density at radius 1 is 1.17 bits per heavy atom. The summed E-state index contributed by atoms with van der Waals surface area (Å²) in [5, 5.41) is 21.3. The molecule has 1 spiro atoms. The van der Waals surface area contributed by atoms with E-state index in [2.05, 4.69) is 23.2 Å². The lowest BCUT2D eigenvalue weighted by Crippen LogP contribution is -2.44. The molecule has 4 atom stereocenters. The predicted octanol–water partition coefficient (Wildman–Crippen LogP) is 3.44. The molecule has 4 aromatic rings. The number of nitrogens with two attached hydrogens (primary N) is 3. The van der Waals surface area contributed by atoms with Crippen LogP contribution in [0.25, 0.3) is 23.0 Å². The van der Waals surface area contributed by atoms with Crippen LogP contribution >= 0.6 is 0 Å². The summed E-state index contributed by atoms with van der Waals surface area (Å²) in [6, 6.07) is 10.0. The first kappa shape index (κ1) is 35.0. The zero-order valence-corrected chi connectivity index (χ0v) is 30.5. The van der Waals surface area contributed by atoms with Gasteiger partial charge in [-0.25, -0.2) is 15.5 Å². The third kappa shape index (κ3) is 6.19. The van der Waals surface area contributed by atoms with Gasteiger partial charge in [-0.3, -0.25) is 4.90 Å². The molecule has 8 rings (SSSR count). The summed E-state index contributed by atoms with van der Waals surface area (Å²) < 4.78 is 25.8. The number of aromatic nitrogens is 5. The van der Waals surface area contributed by atoms with Crippen LogP contribution in [0.2, 0.25) is 0 Å². The Kier molecular flexibility index (Phi) is 9.32. The van der Waals surface area contributed by atoms with Crippen LogP contribution in [-0.4, -0.2) is 93.0 Å². The number of hydrogen-bond acceptors (Lipinski definition) is 14. The number of ether oxygens (including phenoxy) is 3. The third-order valence-corrected chi connectivity index (χ3v) is 11.7. The molecule has 53 heavy (non-hydrogen) atoms. The van der Waals surface area contributed by atoms with E-state index in [1.165, 1.54) is 0 Å². The van der Waals surface area contributed by atoms with E-state index in [-0.39, 0.29) is 24.3 Å². The molecule has 15 heteroatoms. The fraction of sp³-hybridized carbons (Fsp3) is 0.500. The number of hydrogen-bond donors (Lipinski definition) is 3. The van der Waals surface area contributed by atoms with E-state index in [0.717, 1.165) is 80.4 Å². The van der Waals surface area contributed by atoms with Crippen LogP contribution in [0.3, 0.4) is 0 Å². The molecule has 278 valence electrons. The Balaban J connectivity index is 1.18. The summed E-state index contributed by atoms with van der Waals surface area (Å²) in [7, 11) is 3.82. The Bertz CT molecular complexity index is 2060. The van der Waals surface area contributed by atoms with Crippen LogP contribution in [0.15, 0.2) is 41.2 Å². The van der Waals surface area contributed by atoms with E-state index < -0.39 is 5.41 Å². The molecular formula is C38H47N11O4. The molecule has 2 aliphatic carbocycles. The summed E-state index contributed by atoms with van der Waals surface area (Å²) in [5.41, 5.74) is 17.9. The lowest BCUT2D eigenvalue weighted by atomic mass is 9.68. The zero-order valence-electron chi connectivity index (χ0n) is 30.5. The normalized spacial score (nSPS) is 23.9.